The number of fused-ring (bicyclic) bond motifs is 3. The number of allylic oxidation sites excluding steroid dienone is 1. The molecule has 7 rings (SSSR count). The van der Waals surface area contributed by atoms with Gasteiger partial charge in [-0.25, -0.2) is 19.6 Å². The standard InChI is InChI=1S/C39H46N6O9S/c1-22(46)40-37-42-31(21-55-37)30-18-33(27-15-14-25(52-2)16-29(27)41-30)53-26-17-32-34(47)44-39(36(49)50)19-23(39)10-6-4-3-5-7-13-28(35(48)45(32)20-26)43-38(51)54-24-11-8-9-12-24/h6,10,14-16,18,21,23-24,26,28,32H,3-5,7-9,11-13,17,19-20H2,1-2H3,(H,43,51)(H,44,47)(H,49,50)(H,40,42,46)/t23?,26-,28+,32+,39-/m1/s1. The fraction of sp³-hybridized carbons (Fsp3) is 0.513. The number of methoxy groups -OCH3 is 1. The van der Waals surface area contributed by atoms with E-state index in [-0.39, 0.29) is 37.3 Å². The minimum Gasteiger partial charge on any atom is -0.497 e. The Morgan fingerprint density at radius 2 is 1.82 bits per heavy atom. The van der Waals surface area contributed by atoms with Crippen molar-refractivity contribution < 1.29 is 43.3 Å². The predicted octanol–water partition coefficient (Wildman–Crippen LogP) is 5.19. The Balaban J connectivity index is 1.20. The van der Waals surface area contributed by atoms with Crippen molar-refractivity contribution in [3.63, 3.8) is 0 Å². The summed E-state index contributed by atoms with van der Waals surface area (Å²) in [4.78, 5) is 76.8. The molecule has 2 saturated carbocycles. The van der Waals surface area contributed by atoms with Gasteiger partial charge < -0.3 is 40.2 Å². The molecule has 0 radical (unpaired) electrons. The first-order valence-corrected chi connectivity index (χ1v) is 19.8. The van der Waals surface area contributed by atoms with Crippen LogP contribution < -0.4 is 25.4 Å². The van der Waals surface area contributed by atoms with E-state index in [4.69, 9.17) is 19.2 Å². The van der Waals surface area contributed by atoms with E-state index in [0.29, 0.717) is 51.8 Å². The van der Waals surface area contributed by atoms with Gasteiger partial charge in [0.05, 0.1) is 24.9 Å². The first-order chi connectivity index (χ1) is 26.5. The van der Waals surface area contributed by atoms with E-state index in [9.17, 15) is 29.1 Å². The van der Waals surface area contributed by atoms with Crippen LogP contribution in [0.1, 0.15) is 77.6 Å². The number of carboxylic acid groups (broad SMARTS) is 1. The summed E-state index contributed by atoms with van der Waals surface area (Å²) < 4.78 is 17.8. The van der Waals surface area contributed by atoms with Gasteiger partial charge >= 0.3 is 12.1 Å². The molecule has 4 N–H and O–H groups in total. The molecule has 4 heterocycles. The van der Waals surface area contributed by atoms with E-state index in [1.165, 1.54) is 23.2 Å². The van der Waals surface area contributed by atoms with Crippen LogP contribution in [0, 0.1) is 5.92 Å². The zero-order valence-corrected chi connectivity index (χ0v) is 31.7. The lowest BCUT2D eigenvalue weighted by atomic mass is 10.0. The van der Waals surface area contributed by atoms with Crippen molar-refractivity contribution in [1.29, 1.82) is 0 Å². The van der Waals surface area contributed by atoms with Gasteiger partial charge in [-0.1, -0.05) is 25.0 Å². The van der Waals surface area contributed by atoms with Crippen molar-refractivity contribution >= 4 is 57.2 Å². The molecule has 292 valence electrons. The van der Waals surface area contributed by atoms with E-state index in [1.807, 2.05) is 18.2 Å². The second-order valence-corrected chi connectivity index (χ2v) is 15.6. The number of nitrogens with one attached hydrogen (secondary N) is 3. The number of thiazole rings is 1. The molecule has 3 aromatic rings. The number of carbonyl (C=O) groups is 5. The van der Waals surface area contributed by atoms with Crippen molar-refractivity contribution in [3.8, 4) is 22.9 Å². The number of hydrogen-bond donors (Lipinski definition) is 4. The maximum atomic E-state index is 14.5. The predicted molar refractivity (Wildman–Crippen MR) is 203 cm³/mol. The quantitative estimate of drug-likeness (QED) is 0.220. The van der Waals surface area contributed by atoms with E-state index >= 15 is 0 Å². The summed E-state index contributed by atoms with van der Waals surface area (Å²) in [5.74, 6) is -1.83. The second kappa shape index (κ2) is 16.2. The molecule has 2 aromatic heterocycles. The molecule has 55 heavy (non-hydrogen) atoms. The van der Waals surface area contributed by atoms with E-state index < -0.39 is 47.6 Å². The number of aliphatic carboxylic acids is 1. The highest BCUT2D eigenvalue weighted by Crippen LogP contribution is 2.45. The summed E-state index contributed by atoms with van der Waals surface area (Å²) >= 11 is 1.25. The maximum absolute atomic E-state index is 14.5. The normalized spacial score (nSPS) is 25.9. The molecular formula is C39H46N6O9S. The Labute approximate surface area is 322 Å². The minimum absolute atomic E-state index is 0.00510. The van der Waals surface area contributed by atoms with E-state index in [1.54, 1.807) is 30.7 Å². The van der Waals surface area contributed by atoms with Gasteiger partial charge in [0.1, 0.15) is 47.0 Å². The number of aromatic nitrogens is 2. The molecule has 2 aliphatic carbocycles. The number of amides is 4. The largest absolute Gasteiger partial charge is 0.497 e. The molecule has 3 fully saturated rings. The topological polar surface area (TPSA) is 198 Å². The average Bonchev–Trinajstić information content (AvgIpc) is 3.58. The number of benzene rings is 1. The third kappa shape index (κ3) is 8.53. The second-order valence-electron chi connectivity index (χ2n) is 14.7. The Bertz CT molecular complexity index is 2000. The van der Waals surface area contributed by atoms with Crippen molar-refractivity contribution in [2.75, 3.05) is 19.0 Å². The molecule has 4 aliphatic rings. The number of alkyl carbamates (subject to hydrolysis) is 1. The van der Waals surface area contributed by atoms with Crippen LogP contribution in [0.5, 0.6) is 11.5 Å². The molecule has 15 nitrogen and oxygen atoms in total. The summed E-state index contributed by atoms with van der Waals surface area (Å²) in [7, 11) is 1.55. The molecule has 0 spiro atoms. The lowest BCUT2D eigenvalue weighted by Crippen LogP contribution is -2.56. The van der Waals surface area contributed by atoms with Crippen LogP contribution in [-0.2, 0) is 23.9 Å². The molecular weight excluding hydrogens is 729 g/mol. The van der Waals surface area contributed by atoms with E-state index in [0.717, 1.165) is 44.9 Å². The smallest absolute Gasteiger partial charge is 0.408 e. The molecule has 2 aliphatic heterocycles. The number of rotatable bonds is 8. The zero-order chi connectivity index (χ0) is 38.7. The van der Waals surface area contributed by atoms with Crippen molar-refractivity contribution in [2.45, 2.75) is 107 Å². The van der Waals surface area contributed by atoms with Crippen LogP contribution >= 0.6 is 11.3 Å². The first kappa shape index (κ1) is 38.0. The maximum Gasteiger partial charge on any atom is 0.408 e. The molecule has 16 heteroatoms. The zero-order valence-electron chi connectivity index (χ0n) is 30.9. The Kier molecular flexibility index (Phi) is 11.2. The molecule has 5 atom stereocenters. The lowest BCUT2D eigenvalue weighted by molar-refractivity contribution is -0.145. The van der Waals surface area contributed by atoms with E-state index in [2.05, 4.69) is 20.9 Å². The number of pyridine rings is 1. The fourth-order valence-electron chi connectivity index (χ4n) is 7.79. The summed E-state index contributed by atoms with van der Waals surface area (Å²) in [6, 6.07) is 5.03. The van der Waals surface area contributed by atoms with Gasteiger partial charge in [0, 0.05) is 42.2 Å². The SMILES string of the molecule is COc1ccc2c(O[C@@H]3C[C@H]4C(=O)N[C@]5(C(=O)O)CC5C=CCCCCC[C@H](NC(=O)OC5CCCC5)C(=O)N4C3)cc(-c3csc(NC(C)=O)n3)nc2c1. The summed E-state index contributed by atoms with van der Waals surface area (Å²) in [5, 5.41) is 21.4. The van der Waals surface area contributed by atoms with Gasteiger partial charge in [0.15, 0.2) is 5.13 Å². The van der Waals surface area contributed by atoms with Crippen molar-refractivity contribution in [1.82, 2.24) is 25.5 Å². The molecule has 1 unspecified atom stereocenters. The van der Waals surface area contributed by atoms with Crippen LogP contribution in [0.4, 0.5) is 9.93 Å². The van der Waals surface area contributed by atoms with Crippen LogP contribution in [0.3, 0.4) is 0 Å². The molecule has 0 bridgehead atoms. The third-order valence-electron chi connectivity index (χ3n) is 10.8. The highest BCUT2D eigenvalue weighted by molar-refractivity contribution is 7.14. The minimum atomic E-state index is -1.47. The van der Waals surface area contributed by atoms with Crippen LogP contribution in [0.15, 0.2) is 41.8 Å². The van der Waals surface area contributed by atoms with Crippen LogP contribution in [0.2, 0.25) is 0 Å². The third-order valence-corrected chi connectivity index (χ3v) is 11.6. The van der Waals surface area contributed by atoms with Crippen LogP contribution in [-0.4, -0.2) is 93.2 Å². The number of carbonyl (C=O) groups excluding carboxylic acids is 4. The number of carboxylic acids is 1. The summed E-state index contributed by atoms with van der Waals surface area (Å²) in [6.45, 7) is 1.39. The molecule has 1 saturated heterocycles. The van der Waals surface area contributed by atoms with Gasteiger partial charge in [-0.2, -0.15) is 0 Å². The Morgan fingerprint density at radius 1 is 1.02 bits per heavy atom. The monoisotopic (exact) mass is 774 g/mol. The van der Waals surface area contributed by atoms with Gasteiger partial charge in [-0.05, 0) is 63.5 Å². The average molecular weight is 775 g/mol. The summed E-state index contributed by atoms with van der Waals surface area (Å²) in [6.07, 6.45) is 9.41. The Hall–Kier alpha value is -5.25. The number of hydrogen-bond acceptors (Lipinski definition) is 11. The Morgan fingerprint density at radius 3 is 2.58 bits per heavy atom. The number of nitrogens with zero attached hydrogens (tertiary/aromatic N) is 3. The van der Waals surface area contributed by atoms with Gasteiger partial charge in [0.2, 0.25) is 17.7 Å². The van der Waals surface area contributed by atoms with Gasteiger partial charge in [-0.15, -0.1) is 11.3 Å². The fourth-order valence-corrected chi connectivity index (χ4v) is 8.54. The summed E-state index contributed by atoms with van der Waals surface area (Å²) in [5.41, 5.74) is 0.0426. The van der Waals surface area contributed by atoms with Gasteiger partial charge in [-0.3, -0.25) is 14.4 Å². The van der Waals surface area contributed by atoms with Crippen molar-refractivity contribution in [2.24, 2.45) is 5.92 Å². The molecule has 4 amide bonds. The first-order valence-electron chi connectivity index (χ1n) is 18.9. The lowest BCUT2D eigenvalue weighted by Gasteiger charge is -2.29. The molecule has 1 aromatic carbocycles. The highest BCUT2D eigenvalue weighted by atomic mass is 32.1. The number of ether oxygens (including phenoxy) is 3. The highest BCUT2D eigenvalue weighted by Gasteiger charge is 2.61. The van der Waals surface area contributed by atoms with Crippen molar-refractivity contribution in [3.05, 3.63) is 41.8 Å². The van der Waals surface area contributed by atoms with Crippen LogP contribution in [0.25, 0.3) is 22.3 Å². The van der Waals surface area contributed by atoms with Gasteiger partial charge in [0.25, 0.3) is 0 Å². The number of anilines is 1.